The van der Waals surface area contributed by atoms with E-state index in [0.29, 0.717) is 5.75 Å². The van der Waals surface area contributed by atoms with Crippen LogP contribution in [0.4, 0.5) is 0 Å². The fourth-order valence-electron chi connectivity index (χ4n) is 2.31. The summed E-state index contributed by atoms with van der Waals surface area (Å²) in [7, 11) is 0. The van der Waals surface area contributed by atoms with Crippen molar-refractivity contribution in [3.05, 3.63) is 88.1 Å². The lowest BCUT2D eigenvalue weighted by atomic mass is 10.0. The van der Waals surface area contributed by atoms with Crippen LogP contribution in [-0.2, 0) is 11.2 Å². The maximum Gasteiger partial charge on any atom is 0.277 e. The van der Waals surface area contributed by atoms with Gasteiger partial charge in [-0.1, -0.05) is 54.6 Å². The molecule has 1 N–H and O–H groups in total. The fourth-order valence-corrected chi connectivity index (χ4v) is 2.90. The van der Waals surface area contributed by atoms with Gasteiger partial charge in [0, 0.05) is 11.3 Å². The number of hydrogen-bond acceptors (Lipinski definition) is 4. The number of nitrogens with zero attached hydrogens (tertiary/aromatic N) is 1. The number of hydrazone groups is 1. The summed E-state index contributed by atoms with van der Waals surface area (Å²) in [5.74, 6) is 0.422. The Morgan fingerprint density at radius 3 is 2.64 bits per heavy atom. The van der Waals surface area contributed by atoms with Gasteiger partial charge in [-0.25, -0.2) is 5.43 Å². The smallest absolute Gasteiger partial charge is 0.277 e. The third kappa shape index (κ3) is 5.29. The van der Waals surface area contributed by atoms with Gasteiger partial charge >= 0.3 is 0 Å². The molecular weight excluding hydrogens is 332 g/mol. The van der Waals surface area contributed by atoms with Gasteiger partial charge in [-0.2, -0.15) is 5.10 Å². The first kappa shape index (κ1) is 16.9. The molecule has 126 valence electrons. The van der Waals surface area contributed by atoms with Crippen LogP contribution in [0.5, 0.6) is 5.75 Å². The van der Waals surface area contributed by atoms with Crippen molar-refractivity contribution in [3.8, 4) is 5.75 Å². The summed E-state index contributed by atoms with van der Waals surface area (Å²) in [6, 6.07) is 21.8. The van der Waals surface area contributed by atoms with Gasteiger partial charge in [0.2, 0.25) is 0 Å². The number of rotatable bonds is 7. The van der Waals surface area contributed by atoms with Crippen LogP contribution in [0.1, 0.15) is 16.0 Å². The Morgan fingerprint density at radius 1 is 1.04 bits per heavy atom. The zero-order chi connectivity index (χ0) is 17.3. The van der Waals surface area contributed by atoms with Crippen molar-refractivity contribution in [2.45, 2.75) is 6.42 Å². The molecule has 1 aromatic heterocycles. The SMILES string of the molecule is O=C(COc1ccccc1Cc1ccccc1)N/N=C\c1cccs1. The summed E-state index contributed by atoms with van der Waals surface area (Å²) in [6.07, 6.45) is 2.38. The van der Waals surface area contributed by atoms with Gasteiger partial charge in [0.1, 0.15) is 5.75 Å². The highest BCUT2D eigenvalue weighted by molar-refractivity contribution is 7.11. The standard InChI is InChI=1S/C20H18N2O2S/c23-20(22-21-14-18-10-6-12-25-18)15-24-19-11-5-4-9-17(19)13-16-7-2-1-3-8-16/h1-12,14H,13,15H2,(H,22,23)/b21-14-. The Balaban J connectivity index is 1.55. The lowest BCUT2D eigenvalue weighted by molar-refractivity contribution is -0.123. The zero-order valence-electron chi connectivity index (χ0n) is 13.6. The average Bonchev–Trinajstić information content (AvgIpc) is 3.15. The normalized spacial score (nSPS) is 10.7. The Morgan fingerprint density at radius 2 is 1.84 bits per heavy atom. The molecule has 0 saturated heterocycles. The summed E-state index contributed by atoms with van der Waals surface area (Å²) in [5.41, 5.74) is 4.72. The highest BCUT2D eigenvalue weighted by Crippen LogP contribution is 2.21. The maximum absolute atomic E-state index is 11.9. The van der Waals surface area contributed by atoms with E-state index in [9.17, 15) is 4.79 Å². The number of nitrogens with one attached hydrogen (secondary N) is 1. The van der Waals surface area contributed by atoms with Gasteiger partial charge < -0.3 is 4.74 Å². The lowest BCUT2D eigenvalue weighted by Crippen LogP contribution is -2.24. The first-order valence-electron chi connectivity index (χ1n) is 7.91. The minimum absolute atomic E-state index is 0.0758. The monoisotopic (exact) mass is 350 g/mol. The molecule has 0 unspecified atom stereocenters. The first-order chi connectivity index (χ1) is 12.3. The van der Waals surface area contributed by atoms with Crippen molar-refractivity contribution in [3.63, 3.8) is 0 Å². The van der Waals surface area contributed by atoms with Crippen molar-refractivity contribution >= 4 is 23.5 Å². The van der Waals surface area contributed by atoms with E-state index in [1.165, 1.54) is 5.56 Å². The second kappa shape index (κ2) is 8.80. The number of hydrogen-bond donors (Lipinski definition) is 1. The number of carbonyl (C=O) groups is 1. The predicted molar refractivity (Wildman–Crippen MR) is 101 cm³/mol. The minimum Gasteiger partial charge on any atom is -0.483 e. The number of para-hydroxylation sites is 1. The molecule has 0 aliphatic carbocycles. The van der Waals surface area contributed by atoms with Crippen molar-refractivity contribution in [1.29, 1.82) is 0 Å². The topological polar surface area (TPSA) is 50.7 Å². The van der Waals surface area contributed by atoms with Gasteiger partial charge in [-0.05, 0) is 28.6 Å². The van der Waals surface area contributed by atoms with Crippen LogP contribution >= 0.6 is 11.3 Å². The molecule has 4 nitrogen and oxygen atoms in total. The Hall–Kier alpha value is -2.92. The zero-order valence-corrected chi connectivity index (χ0v) is 14.4. The summed E-state index contributed by atoms with van der Waals surface area (Å²) < 4.78 is 5.68. The van der Waals surface area contributed by atoms with E-state index in [0.717, 1.165) is 16.9 Å². The quantitative estimate of drug-likeness (QED) is 0.519. The minimum atomic E-state index is -0.290. The number of amides is 1. The molecule has 25 heavy (non-hydrogen) atoms. The molecule has 0 radical (unpaired) electrons. The molecule has 0 spiro atoms. The summed E-state index contributed by atoms with van der Waals surface area (Å²) in [5, 5.41) is 5.88. The molecule has 3 rings (SSSR count). The molecule has 0 fully saturated rings. The second-order valence-corrected chi connectivity index (χ2v) is 6.35. The molecule has 0 aliphatic rings. The molecule has 0 aliphatic heterocycles. The molecule has 1 amide bonds. The highest BCUT2D eigenvalue weighted by atomic mass is 32.1. The summed E-state index contributed by atoms with van der Waals surface area (Å²) >= 11 is 1.56. The van der Waals surface area contributed by atoms with Crippen LogP contribution < -0.4 is 10.2 Å². The van der Waals surface area contributed by atoms with Crippen molar-refractivity contribution < 1.29 is 9.53 Å². The van der Waals surface area contributed by atoms with Gasteiger partial charge in [0.15, 0.2) is 6.61 Å². The van der Waals surface area contributed by atoms with Crippen LogP contribution in [0.2, 0.25) is 0 Å². The Kier molecular flexibility index (Phi) is 5.96. The molecule has 5 heteroatoms. The van der Waals surface area contributed by atoms with Crippen molar-refractivity contribution in [2.24, 2.45) is 5.10 Å². The molecule has 0 bridgehead atoms. The maximum atomic E-state index is 11.9. The van der Waals surface area contributed by atoms with E-state index in [-0.39, 0.29) is 12.5 Å². The molecule has 1 heterocycles. The van der Waals surface area contributed by atoms with E-state index in [2.05, 4.69) is 22.7 Å². The van der Waals surface area contributed by atoms with E-state index in [1.54, 1.807) is 17.6 Å². The fraction of sp³-hybridized carbons (Fsp3) is 0.100. The molecule has 0 saturated carbocycles. The van der Waals surface area contributed by atoms with Crippen LogP contribution in [0.15, 0.2) is 77.2 Å². The third-order valence-corrected chi connectivity index (χ3v) is 4.30. The molecular formula is C20H18N2O2S. The number of ether oxygens (including phenoxy) is 1. The summed E-state index contributed by atoms with van der Waals surface area (Å²) in [4.78, 5) is 12.8. The van der Waals surface area contributed by atoms with Crippen LogP contribution in [0.25, 0.3) is 0 Å². The number of carbonyl (C=O) groups excluding carboxylic acids is 1. The summed E-state index contributed by atoms with van der Waals surface area (Å²) in [6.45, 7) is -0.0758. The Labute approximate surface area is 150 Å². The van der Waals surface area contributed by atoms with Gasteiger partial charge in [-0.3, -0.25) is 4.79 Å². The predicted octanol–water partition coefficient (Wildman–Crippen LogP) is 3.87. The molecule has 3 aromatic rings. The Bertz CT molecular complexity index is 830. The average molecular weight is 350 g/mol. The number of thiophene rings is 1. The van der Waals surface area contributed by atoms with Crippen LogP contribution in [0.3, 0.4) is 0 Å². The van der Waals surface area contributed by atoms with Gasteiger partial charge in [-0.15, -0.1) is 11.3 Å². The van der Waals surface area contributed by atoms with E-state index in [1.807, 2.05) is 60.0 Å². The first-order valence-corrected chi connectivity index (χ1v) is 8.79. The number of benzene rings is 2. The van der Waals surface area contributed by atoms with Gasteiger partial charge in [0.25, 0.3) is 5.91 Å². The van der Waals surface area contributed by atoms with E-state index in [4.69, 9.17) is 4.74 Å². The van der Waals surface area contributed by atoms with Gasteiger partial charge in [0.05, 0.1) is 6.21 Å². The second-order valence-electron chi connectivity index (χ2n) is 5.37. The molecule has 0 atom stereocenters. The lowest BCUT2D eigenvalue weighted by Gasteiger charge is -2.11. The van der Waals surface area contributed by atoms with Crippen LogP contribution in [0, 0.1) is 0 Å². The largest absolute Gasteiger partial charge is 0.483 e. The van der Waals surface area contributed by atoms with Crippen molar-refractivity contribution in [1.82, 2.24) is 5.43 Å². The highest BCUT2D eigenvalue weighted by Gasteiger charge is 2.07. The molecule has 2 aromatic carbocycles. The van der Waals surface area contributed by atoms with Crippen LogP contribution in [-0.4, -0.2) is 18.7 Å². The van der Waals surface area contributed by atoms with E-state index >= 15 is 0 Å². The third-order valence-electron chi connectivity index (χ3n) is 3.49. The van der Waals surface area contributed by atoms with E-state index < -0.39 is 0 Å². The van der Waals surface area contributed by atoms with Crippen molar-refractivity contribution in [2.75, 3.05) is 6.61 Å².